The fourth-order valence-corrected chi connectivity index (χ4v) is 2.50. The molecule has 6 heteroatoms. The van der Waals surface area contributed by atoms with Crippen LogP contribution >= 0.6 is 15.9 Å². The molecule has 1 saturated heterocycles. The lowest BCUT2D eigenvalue weighted by molar-refractivity contribution is -0.125. The van der Waals surface area contributed by atoms with Crippen molar-refractivity contribution in [3.63, 3.8) is 0 Å². The second-order valence-electron chi connectivity index (χ2n) is 4.33. The van der Waals surface area contributed by atoms with Crippen molar-refractivity contribution >= 4 is 27.7 Å². The van der Waals surface area contributed by atoms with Crippen LogP contribution in [0.4, 0.5) is 10.2 Å². The van der Waals surface area contributed by atoms with Crippen LogP contribution in [0.2, 0.25) is 0 Å². The highest BCUT2D eigenvalue weighted by Crippen LogP contribution is 2.25. The Bertz CT molecular complexity index is 447. The van der Waals surface area contributed by atoms with Crippen LogP contribution in [0.1, 0.15) is 12.8 Å². The number of halogens is 2. The van der Waals surface area contributed by atoms with Crippen LogP contribution in [0.15, 0.2) is 16.7 Å². The van der Waals surface area contributed by atoms with Crippen LogP contribution in [-0.4, -0.2) is 31.0 Å². The number of aromatic nitrogens is 1. The van der Waals surface area contributed by atoms with Crippen molar-refractivity contribution in [2.24, 2.45) is 5.92 Å². The number of piperidine rings is 1. The molecule has 1 aliphatic rings. The van der Waals surface area contributed by atoms with Crippen LogP contribution in [0.25, 0.3) is 0 Å². The Morgan fingerprint density at radius 2 is 2.22 bits per heavy atom. The molecule has 4 nitrogen and oxygen atoms in total. The minimum Gasteiger partial charge on any atom is -0.359 e. The number of carbonyl (C=O) groups excluding carboxylic acids is 1. The molecule has 1 N–H and O–H groups in total. The van der Waals surface area contributed by atoms with Gasteiger partial charge in [0.25, 0.3) is 0 Å². The highest BCUT2D eigenvalue weighted by Gasteiger charge is 2.26. The number of rotatable bonds is 2. The van der Waals surface area contributed by atoms with Gasteiger partial charge in [-0.05, 0) is 34.8 Å². The van der Waals surface area contributed by atoms with E-state index < -0.39 is 0 Å². The van der Waals surface area contributed by atoms with E-state index in [0.29, 0.717) is 23.4 Å². The fraction of sp³-hybridized carbons (Fsp3) is 0.500. The fourth-order valence-electron chi connectivity index (χ4n) is 2.20. The van der Waals surface area contributed by atoms with Gasteiger partial charge in [-0.2, -0.15) is 0 Å². The van der Waals surface area contributed by atoms with Gasteiger partial charge in [-0.25, -0.2) is 9.37 Å². The third kappa shape index (κ3) is 2.80. The van der Waals surface area contributed by atoms with Gasteiger partial charge in [0.1, 0.15) is 0 Å². The van der Waals surface area contributed by atoms with E-state index in [9.17, 15) is 9.18 Å². The van der Waals surface area contributed by atoms with E-state index >= 15 is 0 Å². The zero-order chi connectivity index (χ0) is 13.1. The van der Waals surface area contributed by atoms with Crippen LogP contribution in [-0.2, 0) is 4.79 Å². The number of carbonyl (C=O) groups is 1. The molecule has 0 saturated carbocycles. The molecule has 0 bridgehead atoms. The van der Waals surface area contributed by atoms with E-state index in [1.807, 2.05) is 4.90 Å². The Hall–Kier alpha value is -1.17. The van der Waals surface area contributed by atoms with Crippen molar-refractivity contribution in [2.45, 2.75) is 12.8 Å². The zero-order valence-corrected chi connectivity index (χ0v) is 11.7. The van der Waals surface area contributed by atoms with Crippen LogP contribution in [0.5, 0.6) is 0 Å². The molecule has 1 aromatic rings. The quantitative estimate of drug-likeness (QED) is 0.907. The van der Waals surface area contributed by atoms with Crippen molar-refractivity contribution in [3.8, 4) is 0 Å². The lowest BCUT2D eigenvalue weighted by Gasteiger charge is -2.32. The summed E-state index contributed by atoms with van der Waals surface area (Å²) in [6.07, 6.45) is 3.05. The van der Waals surface area contributed by atoms with Gasteiger partial charge < -0.3 is 10.2 Å². The maximum Gasteiger partial charge on any atom is 0.222 e. The first-order valence-electron chi connectivity index (χ1n) is 5.89. The van der Waals surface area contributed by atoms with E-state index in [1.54, 1.807) is 13.2 Å². The van der Waals surface area contributed by atoms with Gasteiger partial charge in [-0.15, -0.1) is 0 Å². The number of hydrogen-bond acceptors (Lipinski definition) is 3. The average Bonchev–Trinajstić information content (AvgIpc) is 2.38. The summed E-state index contributed by atoms with van der Waals surface area (Å²) in [7, 11) is 1.64. The Balaban J connectivity index is 2.03. The van der Waals surface area contributed by atoms with Crippen molar-refractivity contribution in [1.29, 1.82) is 0 Å². The number of nitrogens with one attached hydrogen (secondary N) is 1. The van der Waals surface area contributed by atoms with Gasteiger partial charge in [0.05, 0.1) is 0 Å². The Kier molecular flexibility index (Phi) is 4.16. The summed E-state index contributed by atoms with van der Waals surface area (Å²) in [5.41, 5.74) is 0. The summed E-state index contributed by atoms with van der Waals surface area (Å²) in [5.74, 6) is 0.139. The van der Waals surface area contributed by atoms with Gasteiger partial charge in [0.15, 0.2) is 11.6 Å². The van der Waals surface area contributed by atoms with Gasteiger partial charge in [-0.3, -0.25) is 4.79 Å². The maximum absolute atomic E-state index is 13.7. The molecule has 1 aromatic heterocycles. The third-order valence-electron chi connectivity index (χ3n) is 3.20. The summed E-state index contributed by atoms with van der Waals surface area (Å²) >= 11 is 3.18. The number of hydrogen-bond donors (Lipinski definition) is 1. The molecule has 0 atom stereocenters. The summed E-state index contributed by atoms with van der Waals surface area (Å²) in [5, 5.41) is 2.65. The molecule has 1 fully saturated rings. The number of nitrogens with zero attached hydrogens (tertiary/aromatic N) is 2. The third-order valence-corrected chi connectivity index (χ3v) is 3.63. The van der Waals surface area contributed by atoms with Crippen LogP contribution in [0, 0.1) is 11.7 Å². The monoisotopic (exact) mass is 315 g/mol. The first-order chi connectivity index (χ1) is 8.61. The molecule has 1 amide bonds. The topological polar surface area (TPSA) is 45.2 Å². The number of amides is 1. The summed E-state index contributed by atoms with van der Waals surface area (Å²) in [6.45, 7) is 1.31. The van der Waals surface area contributed by atoms with Crippen molar-refractivity contribution < 1.29 is 9.18 Å². The van der Waals surface area contributed by atoms with Crippen LogP contribution < -0.4 is 10.2 Å². The minimum absolute atomic E-state index is 0.0322. The smallest absolute Gasteiger partial charge is 0.222 e. The van der Waals surface area contributed by atoms with E-state index in [-0.39, 0.29) is 17.6 Å². The first kappa shape index (κ1) is 13.3. The molecule has 2 heterocycles. The summed E-state index contributed by atoms with van der Waals surface area (Å²) < 4.78 is 14.4. The maximum atomic E-state index is 13.7. The highest BCUT2D eigenvalue weighted by atomic mass is 79.9. The van der Waals surface area contributed by atoms with Gasteiger partial charge >= 0.3 is 0 Å². The normalized spacial score (nSPS) is 16.7. The number of pyridine rings is 1. The summed E-state index contributed by atoms with van der Waals surface area (Å²) in [4.78, 5) is 17.5. The highest BCUT2D eigenvalue weighted by molar-refractivity contribution is 9.10. The van der Waals surface area contributed by atoms with E-state index in [2.05, 4.69) is 26.2 Å². The SMILES string of the molecule is CNC(=O)C1CCN(c2ncc(Br)cc2F)CC1. The second-order valence-corrected chi connectivity index (χ2v) is 5.25. The summed E-state index contributed by atoms with van der Waals surface area (Å²) in [6, 6.07) is 1.41. The predicted molar refractivity (Wildman–Crippen MR) is 70.9 cm³/mol. The lowest BCUT2D eigenvalue weighted by atomic mass is 9.96. The van der Waals surface area contributed by atoms with Gasteiger partial charge in [-0.1, -0.05) is 0 Å². The van der Waals surface area contributed by atoms with Crippen molar-refractivity contribution in [1.82, 2.24) is 10.3 Å². The molecule has 1 aliphatic heterocycles. The molecule has 98 valence electrons. The van der Waals surface area contributed by atoms with E-state index in [4.69, 9.17) is 0 Å². The molecule has 0 radical (unpaired) electrons. The molecule has 0 aliphatic carbocycles. The average molecular weight is 316 g/mol. The number of anilines is 1. The van der Waals surface area contributed by atoms with Crippen molar-refractivity contribution in [3.05, 3.63) is 22.6 Å². The minimum atomic E-state index is -0.331. The second kappa shape index (κ2) is 5.65. The Morgan fingerprint density at radius 1 is 1.56 bits per heavy atom. The van der Waals surface area contributed by atoms with E-state index in [1.165, 1.54) is 6.07 Å². The largest absolute Gasteiger partial charge is 0.359 e. The van der Waals surface area contributed by atoms with E-state index in [0.717, 1.165) is 12.8 Å². The molecule has 0 unspecified atom stereocenters. The zero-order valence-electron chi connectivity index (χ0n) is 10.1. The van der Waals surface area contributed by atoms with Gasteiger partial charge in [0, 0.05) is 36.7 Å². The molecular formula is C12H15BrFN3O. The Morgan fingerprint density at radius 3 is 2.78 bits per heavy atom. The first-order valence-corrected chi connectivity index (χ1v) is 6.68. The molecular weight excluding hydrogens is 301 g/mol. The molecule has 18 heavy (non-hydrogen) atoms. The van der Waals surface area contributed by atoms with Crippen LogP contribution in [0.3, 0.4) is 0 Å². The van der Waals surface area contributed by atoms with Gasteiger partial charge in [0.2, 0.25) is 5.91 Å². The standard InChI is InChI=1S/C12H15BrFN3O/c1-15-12(18)8-2-4-17(5-3-8)11-10(14)6-9(13)7-16-11/h6-8H,2-5H2,1H3,(H,15,18). The predicted octanol–water partition coefficient (Wildman–Crippen LogP) is 1.95. The van der Waals surface area contributed by atoms with Crippen molar-refractivity contribution in [2.75, 3.05) is 25.0 Å². The molecule has 0 aromatic carbocycles. The molecule has 0 spiro atoms. The molecule has 2 rings (SSSR count). The lowest BCUT2D eigenvalue weighted by Crippen LogP contribution is -2.40. The Labute approximate surface area is 114 Å².